The number of aryl methyl sites for hydroxylation is 1. The number of nitrogens with one attached hydrogen (secondary N) is 2. The standard InChI is InChI=1S/C26H31ClN4O4S/c1-18-24(17-31(30-18)23-13-9-21(27)10-14-23)25(19-5-3-2-4-6-19)29-22-11-7-20(8-12-22)26(32)28-15-16-36(33,34)35/h7-14,17,19,25,29H,2-6,15-16H2,1H3,(H,28,32)(H,33,34,35). The maximum Gasteiger partial charge on any atom is 0.266 e. The summed E-state index contributed by atoms with van der Waals surface area (Å²) in [4.78, 5) is 12.3. The fraction of sp³-hybridized carbons (Fsp3) is 0.385. The maximum atomic E-state index is 12.3. The van der Waals surface area contributed by atoms with Gasteiger partial charge in [-0.15, -0.1) is 0 Å². The second-order valence-corrected chi connectivity index (χ2v) is 11.2. The number of nitrogens with zero attached hydrogens (tertiary/aromatic N) is 2. The number of benzene rings is 2. The van der Waals surface area contributed by atoms with E-state index >= 15 is 0 Å². The Morgan fingerprint density at radius 2 is 1.78 bits per heavy atom. The van der Waals surface area contributed by atoms with Crippen LogP contribution in [-0.2, 0) is 10.1 Å². The quantitative estimate of drug-likeness (QED) is 0.328. The topological polar surface area (TPSA) is 113 Å². The Hall–Kier alpha value is -2.88. The first-order valence-corrected chi connectivity index (χ1v) is 14.1. The van der Waals surface area contributed by atoms with Gasteiger partial charge in [-0.3, -0.25) is 9.35 Å². The van der Waals surface area contributed by atoms with Crippen LogP contribution < -0.4 is 10.6 Å². The number of hydrogen-bond donors (Lipinski definition) is 3. The van der Waals surface area contributed by atoms with Crippen LogP contribution in [0.15, 0.2) is 54.7 Å². The fourth-order valence-electron chi connectivity index (χ4n) is 4.71. The Bertz CT molecular complexity index is 1280. The van der Waals surface area contributed by atoms with Crippen molar-refractivity contribution in [2.45, 2.75) is 45.1 Å². The smallest absolute Gasteiger partial charge is 0.266 e. The van der Waals surface area contributed by atoms with E-state index in [-0.39, 0.29) is 12.6 Å². The van der Waals surface area contributed by atoms with Crippen LogP contribution in [0.1, 0.15) is 59.8 Å². The van der Waals surface area contributed by atoms with Gasteiger partial charge in [0.25, 0.3) is 16.0 Å². The molecule has 1 heterocycles. The summed E-state index contributed by atoms with van der Waals surface area (Å²) in [6.45, 7) is 1.87. The SMILES string of the molecule is Cc1nn(-c2ccc(Cl)cc2)cc1C(Nc1ccc(C(=O)NCCS(=O)(=O)O)cc1)C1CCCCC1. The normalized spacial score (nSPS) is 15.4. The molecule has 0 bridgehead atoms. The number of rotatable bonds is 9. The van der Waals surface area contributed by atoms with Crippen LogP contribution in [0, 0.1) is 12.8 Å². The predicted molar refractivity (Wildman–Crippen MR) is 141 cm³/mol. The Labute approximate surface area is 216 Å². The molecule has 3 N–H and O–H groups in total. The van der Waals surface area contributed by atoms with E-state index < -0.39 is 21.8 Å². The zero-order chi connectivity index (χ0) is 25.7. The first-order valence-electron chi connectivity index (χ1n) is 12.1. The second kappa shape index (κ2) is 11.5. The first-order chi connectivity index (χ1) is 17.2. The number of anilines is 1. The molecule has 36 heavy (non-hydrogen) atoms. The first kappa shape index (κ1) is 26.2. The molecule has 3 aromatic rings. The molecule has 2 aromatic carbocycles. The summed E-state index contributed by atoms with van der Waals surface area (Å²) in [5.74, 6) is -0.456. The average Bonchev–Trinajstić information content (AvgIpc) is 3.24. The lowest BCUT2D eigenvalue weighted by Gasteiger charge is -2.31. The molecule has 1 aromatic heterocycles. The minimum atomic E-state index is -4.12. The number of carbonyl (C=O) groups excluding carboxylic acids is 1. The summed E-state index contributed by atoms with van der Waals surface area (Å²) in [6.07, 6.45) is 8.02. The van der Waals surface area contributed by atoms with E-state index in [1.165, 1.54) is 19.3 Å². The molecule has 0 aliphatic heterocycles. The average molecular weight is 531 g/mol. The van der Waals surface area contributed by atoms with Crippen molar-refractivity contribution in [2.75, 3.05) is 17.6 Å². The zero-order valence-electron chi connectivity index (χ0n) is 20.2. The molecule has 1 fully saturated rings. The third kappa shape index (κ3) is 6.87. The molecule has 0 spiro atoms. The van der Waals surface area contributed by atoms with Gasteiger partial charge in [0.2, 0.25) is 0 Å². The predicted octanol–water partition coefficient (Wildman–Crippen LogP) is 5.19. The van der Waals surface area contributed by atoms with Gasteiger partial charge >= 0.3 is 0 Å². The van der Waals surface area contributed by atoms with Crippen LogP contribution >= 0.6 is 11.6 Å². The van der Waals surface area contributed by atoms with Gasteiger partial charge in [0.15, 0.2) is 0 Å². The van der Waals surface area contributed by atoms with E-state index in [2.05, 4.69) is 16.8 Å². The van der Waals surface area contributed by atoms with Crippen molar-refractivity contribution in [3.63, 3.8) is 0 Å². The van der Waals surface area contributed by atoms with Crippen molar-refractivity contribution >= 4 is 33.3 Å². The van der Waals surface area contributed by atoms with Gasteiger partial charge in [-0.25, -0.2) is 4.68 Å². The van der Waals surface area contributed by atoms with Crippen molar-refractivity contribution < 1.29 is 17.8 Å². The lowest BCUT2D eigenvalue weighted by Crippen LogP contribution is -2.28. The van der Waals surface area contributed by atoms with E-state index in [9.17, 15) is 13.2 Å². The van der Waals surface area contributed by atoms with Crippen LogP contribution in [0.4, 0.5) is 5.69 Å². The molecule has 1 unspecified atom stereocenters. The van der Waals surface area contributed by atoms with Crippen molar-refractivity contribution in [1.29, 1.82) is 0 Å². The minimum absolute atomic E-state index is 0.0702. The summed E-state index contributed by atoms with van der Waals surface area (Å²) in [5.41, 5.74) is 4.35. The number of amides is 1. The van der Waals surface area contributed by atoms with Crippen LogP contribution in [0.25, 0.3) is 5.69 Å². The molecule has 10 heteroatoms. The van der Waals surface area contributed by atoms with E-state index in [1.807, 2.05) is 48.0 Å². The van der Waals surface area contributed by atoms with Gasteiger partial charge in [0.05, 0.1) is 23.2 Å². The Kier molecular flexibility index (Phi) is 8.33. The molecule has 1 aliphatic rings. The molecule has 1 atom stereocenters. The maximum absolute atomic E-state index is 12.3. The highest BCUT2D eigenvalue weighted by Crippen LogP contribution is 2.38. The van der Waals surface area contributed by atoms with E-state index in [0.717, 1.165) is 35.5 Å². The molecule has 0 saturated heterocycles. The van der Waals surface area contributed by atoms with Crippen LogP contribution in [0.2, 0.25) is 5.02 Å². The van der Waals surface area contributed by atoms with Gasteiger partial charge in [-0.05, 0) is 74.2 Å². The second-order valence-electron chi connectivity index (χ2n) is 9.23. The highest BCUT2D eigenvalue weighted by Gasteiger charge is 2.28. The molecule has 4 rings (SSSR count). The van der Waals surface area contributed by atoms with Gasteiger partial charge in [0, 0.05) is 34.6 Å². The zero-order valence-corrected chi connectivity index (χ0v) is 21.7. The number of hydrogen-bond acceptors (Lipinski definition) is 5. The Morgan fingerprint density at radius 1 is 1.11 bits per heavy atom. The van der Waals surface area contributed by atoms with Crippen molar-refractivity contribution in [3.8, 4) is 5.69 Å². The van der Waals surface area contributed by atoms with Gasteiger partial charge < -0.3 is 10.6 Å². The molecular weight excluding hydrogens is 500 g/mol. The molecule has 1 amide bonds. The van der Waals surface area contributed by atoms with Crippen LogP contribution in [-0.4, -0.2) is 41.0 Å². The highest BCUT2D eigenvalue weighted by molar-refractivity contribution is 7.85. The molecule has 8 nitrogen and oxygen atoms in total. The lowest BCUT2D eigenvalue weighted by atomic mass is 9.81. The summed E-state index contributed by atoms with van der Waals surface area (Å²) < 4.78 is 32.4. The largest absolute Gasteiger partial charge is 0.378 e. The van der Waals surface area contributed by atoms with E-state index in [0.29, 0.717) is 16.5 Å². The molecule has 192 valence electrons. The summed E-state index contributed by atoms with van der Waals surface area (Å²) in [6, 6.07) is 14.8. The van der Waals surface area contributed by atoms with Gasteiger partial charge in [-0.1, -0.05) is 30.9 Å². The lowest BCUT2D eigenvalue weighted by molar-refractivity contribution is 0.0956. The number of halogens is 1. The molecular formula is C26H31ClN4O4S. The summed E-state index contributed by atoms with van der Waals surface area (Å²) >= 11 is 6.05. The minimum Gasteiger partial charge on any atom is -0.378 e. The van der Waals surface area contributed by atoms with E-state index in [1.54, 1.807) is 12.1 Å². The van der Waals surface area contributed by atoms with Crippen molar-refractivity contribution in [2.24, 2.45) is 5.92 Å². The molecule has 1 aliphatic carbocycles. The van der Waals surface area contributed by atoms with Crippen LogP contribution in [0.5, 0.6) is 0 Å². The van der Waals surface area contributed by atoms with Crippen molar-refractivity contribution in [1.82, 2.24) is 15.1 Å². The molecule has 1 saturated carbocycles. The highest BCUT2D eigenvalue weighted by atomic mass is 35.5. The van der Waals surface area contributed by atoms with Crippen molar-refractivity contribution in [3.05, 3.63) is 76.6 Å². The monoisotopic (exact) mass is 530 g/mol. The summed E-state index contributed by atoms with van der Waals surface area (Å²) in [5, 5.41) is 11.6. The van der Waals surface area contributed by atoms with E-state index in [4.69, 9.17) is 21.3 Å². The Morgan fingerprint density at radius 3 is 2.42 bits per heavy atom. The fourth-order valence-corrected chi connectivity index (χ4v) is 5.20. The number of aromatic nitrogens is 2. The van der Waals surface area contributed by atoms with Gasteiger partial charge in [0.1, 0.15) is 0 Å². The number of carbonyl (C=O) groups is 1. The van der Waals surface area contributed by atoms with Crippen LogP contribution in [0.3, 0.4) is 0 Å². The summed E-state index contributed by atoms with van der Waals surface area (Å²) in [7, 11) is -4.12. The third-order valence-electron chi connectivity index (χ3n) is 6.60. The Balaban J connectivity index is 1.52. The third-order valence-corrected chi connectivity index (χ3v) is 7.57. The van der Waals surface area contributed by atoms with Gasteiger partial charge in [-0.2, -0.15) is 13.5 Å². The molecule has 0 radical (unpaired) electrons.